The van der Waals surface area contributed by atoms with Gasteiger partial charge in [-0.3, -0.25) is 9.78 Å². The van der Waals surface area contributed by atoms with Crippen molar-refractivity contribution in [3.8, 4) is 11.5 Å². The molecule has 3 rings (SSSR count). The quantitative estimate of drug-likeness (QED) is 0.523. The van der Waals surface area contributed by atoms with Crippen molar-refractivity contribution in [3.63, 3.8) is 0 Å². The zero-order chi connectivity index (χ0) is 16.9. The molecule has 4 nitrogen and oxygen atoms in total. The van der Waals surface area contributed by atoms with E-state index in [4.69, 9.17) is 9.47 Å². The van der Waals surface area contributed by atoms with Crippen LogP contribution in [0.25, 0.3) is 17.0 Å². The van der Waals surface area contributed by atoms with Crippen molar-refractivity contribution in [2.24, 2.45) is 0 Å². The van der Waals surface area contributed by atoms with Crippen LogP contribution in [0.4, 0.5) is 0 Å². The van der Waals surface area contributed by atoms with Gasteiger partial charge in [-0.15, -0.1) is 0 Å². The molecule has 0 N–H and O–H groups in total. The average Bonchev–Trinajstić information content (AvgIpc) is 2.65. The summed E-state index contributed by atoms with van der Waals surface area (Å²) in [6.45, 7) is 0. The average molecular weight is 319 g/mol. The number of carbonyl (C=O) groups is 1. The molecule has 0 amide bonds. The maximum Gasteiger partial charge on any atom is 0.189 e. The Morgan fingerprint density at radius 1 is 1.04 bits per heavy atom. The van der Waals surface area contributed by atoms with Crippen molar-refractivity contribution in [1.29, 1.82) is 0 Å². The van der Waals surface area contributed by atoms with Crippen LogP contribution in [0.3, 0.4) is 0 Å². The van der Waals surface area contributed by atoms with Crippen molar-refractivity contribution >= 4 is 22.8 Å². The minimum atomic E-state index is -0.154. The molecule has 1 aromatic heterocycles. The minimum Gasteiger partial charge on any atom is -0.497 e. The Balaban J connectivity index is 1.89. The van der Waals surface area contributed by atoms with E-state index >= 15 is 0 Å². The number of hydrogen-bond acceptors (Lipinski definition) is 4. The minimum absolute atomic E-state index is 0.154. The fourth-order valence-electron chi connectivity index (χ4n) is 2.45. The van der Waals surface area contributed by atoms with E-state index in [2.05, 4.69) is 4.98 Å². The molecule has 2 aromatic carbocycles. The van der Waals surface area contributed by atoms with Crippen LogP contribution in [0.2, 0.25) is 0 Å². The van der Waals surface area contributed by atoms with Gasteiger partial charge in [0.1, 0.15) is 11.5 Å². The van der Waals surface area contributed by atoms with Gasteiger partial charge in [-0.1, -0.05) is 18.2 Å². The molecule has 0 spiro atoms. The van der Waals surface area contributed by atoms with Crippen LogP contribution in [0, 0.1) is 0 Å². The largest absolute Gasteiger partial charge is 0.497 e. The topological polar surface area (TPSA) is 48.4 Å². The lowest BCUT2D eigenvalue weighted by Crippen LogP contribution is -1.99. The van der Waals surface area contributed by atoms with Gasteiger partial charge >= 0.3 is 0 Å². The van der Waals surface area contributed by atoms with E-state index < -0.39 is 0 Å². The number of nitrogens with zero attached hydrogens (tertiary/aromatic N) is 1. The third-order valence-corrected chi connectivity index (χ3v) is 3.71. The Hall–Kier alpha value is -3.14. The smallest absolute Gasteiger partial charge is 0.189 e. The number of aromatic nitrogens is 1. The van der Waals surface area contributed by atoms with Gasteiger partial charge in [0.15, 0.2) is 5.78 Å². The first-order valence-corrected chi connectivity index (χ1v) is 7.50. The third-order valence-electron chi connectivity index (χ3n) is 3.71. The number of pyridine rings is 1. The van der Waals surface area contributed by atoms with Gasteiger partial charge in [0.25, 0.3) is 0 Å². The zero-order valence-electron chi connectivity index (χ0n) is 13.5. The van der Waals surface area contributed by atoms with E-state index in [0.29, 0.717) is 17.1 Å². The second kappa shape index (κ2) is 6.96. The highest BCUT2D eigenvalue weighted by molar-refractivity contribution is 6.09. The molecular formula is C20H17NO3. The predicted octanol–water partition coefficient (Wildman–Crippen LogP) is 4.15. The molecule has 0 unspecified atom stereocenters. The lowest BCUT2D eigenvalue weighted by atomic mass is 10.1. The second-order valence-corrected chi connectivity index (χ2v) is 5.23. The molecule has 0 saturated heterocycles. The van der Waals surface area contributed by atoms with Crippen molar-refractivity contribution in [2.75, 3.05) is 14.2 Å². The van der Waals surface area contributed by atoms with Crippen molar-refractivity contribution in [3.05, 3.63) is 71.9 Å². The molecule has 4 heteroatoms. The maximum absolute atomic E-state index is 12.5. The number of benzene rings is 2. The summed E-state index contributed by atoms with van der Waals surface area (Å²) >= 11 is 0. The van der Waals surface area contributed by atoms with Crippen LogP contribution in [0.1, 0.15) is 15.9 Å². The zero-order valence-corrected chi connectivity index (χ0v) is 13.5. The number of ether oxygens (including phenoxy) is 2. The van der Waals surface area contributed by atoms with E-state index in [9.17, 15) is 4.79 Å². The summed E-state index contributed by atoms with van der Waals surface area (Å²) < 4.78 is 10.4. The maximum atomic E-state index is 12.5. The summed E-state index contributed by atoms with van der Waals surface area (Å²) in [7, 11) is 3.10. The van der Waals surface area contributed by atoms with Crippen molar-refractivity contribution in [2.45, 2.75) is 0 Å². The molecule has 3 aromatic rings. The van der Waals surface area contributed by atoms with Crippen LogP contribution >= 0.6 is 0 Å². The molecule has 0 radical (unpaired) electrons. The Labute approximate surface area is 140 Å². The summed E-state index contributed by atoms with van der Waals surface area (Å²) in [6, 6.07) is 15.0. The number of fused-ring (bicyclic) bond motifs is 1. The number of rotatable bonds is 5. The monoisotopic (exact) mass is 319 g/mol. The Morgan fingerprint density at radius 3 is 2.67 bits per heavy atom. The molecule has 24 heavy (non-hydrogen) atoms. The molecular weight excluding hydrogens is 302 g/mol. The Bertz CT molecular complexity index is 916. The number of hydrogen-bond donors (Lipinski definition) is 0. The van der Waals surface area contributed by atoms with Crippen LogP contribution in [0.15, 0.2) is 60.8 Å². The first-order chi connectivity index (χ1) is 11.7. The number of ketones is 1. The molecule has 0 aliphatic rings. The standard InChI is InChI=1S/C20H17NO3/c1-23-16-8-10-20(24-2)17(12-16)19(22)9-7-14-11-15-5-3-4-6-18(15)21-13-14/h3-13H,1-2H3/b9-7+. The van der Waals surface area contributed by atoms with Crippen LogP contribution in [0.5, 0.6) is 11.5 Å². The SMILES string of the molecule is COc1ccc(OC)c(C(=O)/C=C/c2cnc3ccccc3c2)c1. The third kappa shape index (κ3) is 3.27. The number of allylic oxidation sites excluding steroid dienone is 1. The van der Waals surface area contributed by atoms with E-state index in [-0.39, 0.29) is 5.78 Å². The van der Waals surface area contributed by atoms with Gasteiger partial charge in [0.2, 0.25) is 0 Å². The highest BCUT2D eigenvalue weighted by atomic mass is 16.5. The highest BCUT2D eigenvalue weighted by Gasteiger charge is 2.11. The summed E-state index contributed by atoms with van der Waals surface area (Å²) in [5, 5.41) is 1.03. The first-order valence-electron chi connectivity index (χ1n) is 7.50. The lowest BCUT2D eigenvalue weighted by molar-refractivity contribution is 0.104. The van der Waals surface area contributed by atoms with Gasteiger partial charge in [0, 0.05) is 11.6 Å². The normalized spacial score (nSPS) is 10.9. The second-order valence-electron chi connectivity index (χ2n) is 5.23. The van der Waals surface area contributed by atoms with E-state index in [1.807, 2.05) is 30.3 Å². The Kier molecular flexibility index (Phi) is 4.57. The summed E-state index contributed by atoms with van der Waals surface area (Å²) in [5.41, 5.74) is 2.25. The molecule has 0 atom stereocenters. The van der Waals surface area contributed by atoms with Gasteiger partial charge in [-0.25, -0.2) is 0 Å². The predicted molar refractivity (Wildman–Crippen MR) is 94.7 cm³/mol. The van der Waals surface area contributed by atoms with Crippen LogP contribution < -0.4 is 9.47 Å². The molecule has 0 aliphatic carbocycles. The summed E-state index contributed by atoms with van der Waals surface area (Å²) in [6.07, 6.45) is 5.01. The summed E-state index contributed by atoms with van der Waals surface area (Å²) in [4.78, 5) is 16.9. The van der Waals surface area contributed by atoms with Crippen LogP contribution in [-0.2, 0) is 0 Å². The first kappa shape index (κ1) is 15.7. The lowest BCUT2D eigenvalue weighted by Gasteiger charge is -2.07. The van der Waals surface area contributed by atoms with Gasteiger partial charge < -0.3 is 9.47 Å². The fraction of sp³-hybridized carbons (Fsp3) is 0.100. The van der Waals surface area contributed by atoms with E-state index in [1.54, 1.807) is 37.6 Å². The van der Waals surface area contributed by atoms with E-state index in [0.717, 1.165) is 16.5 Å². The molecule has 120 valence electrons. The Morgan fingerprint density at radius 2 is 1.88 bits per heavy atom. The van der Waals surface area contributed by atoms with Crippen molar-refractivity contribution in [1.82, 2.24) is 4.98 Å². The number of carbonyl (C=O) groups excluding carboxylic acids is 1. The number of para-hydroxylation sites is 1. The molecule has 0 fully saturated rings. The van der Waals surface area contributed by atoms with Gasteiger partial charge in [0.05, 0.1) is 25.3 Å². The van der Waals surface area contributed by atoms with Gasteiger partial charge in [-0.2, -0.15) is 0 Å². The molecule has 0 saturated carbocycles. The van der Waals surface area contributed by atoms with Crippen LogP contribution in [-0.4, -0.2) is 25.0 Å². The van der Waals surface area contributed by atoms with Gasteiger partial charge in [-0.05, 0) is 48.0 Å². The molecule has 0 bridgehead atoms. The summed E-state index contributed by atoms with van der Waals surface area (Å²) in [5.74, 6) is 0.973. The van der Waals surface area contributed by atoms with E-state index in [1.165, 1.54) is 13.2 Å². The number of methoxy groups -OCH3 is 2. The fourth-order valence-corrected chi connectivity index (χ4v) is 2.45. The van der Waals surface area contributed by atoms with Crippen molar-refractivity contribution < 1.29 is 14.3 Å². The molecule has 0 aliphatic heterocycles. The highest BCUT2D eigenvalue weighted by Crippen LogP contribution is 2.25. The molecule has 1 heterocycles.